The van der Waals surface area contributed by atoms with Crippen LogP contribution in [0, 0.1) is 5.92 Å². The van der Waals surface area contributed by atoms with Crippen molar-refractivity contribution >= 4 is 51.2 Å². The lowest BCUT2D eigenvalue weighted by atomic mass is 9.85. The van der Waals surface area contributed by atoms with Crippen LogP contribution in [0.2, 0.25) is 0 Å². The number of anilines is 2. The molecule has 2 saturated heterocycles. The molecule has 3 aliphatic rings. The maximum Gasteiger partial charge on any atom is 0.433 e. The molecule has 3 amide bonds. The summed E-state index contributed by atoms with van der Waals surface area (Å²) in [5.41, 5.74) is 1.11. The fourth-order valence-corrected chi connectivity index (χ4v) is 8.34. The average Bonchev–Trinajstić information content (AvgIpc) is 3.73. The van der Waals surface area contributed by atoms with Crippen LogP contribution >= 0.6 is 0 Å². The Morgan fingerprint density at radius 1 is 0.982 bits per heavy atom. The zero-order chi connectivity index (χ0) is 39.3. The molecule has 1 unspecified atom stereocenters. The largest absolute Gasteiger partial charge is 0.479 e. The second-order valence-electron chi connectivity index (χ2n) is 14.7. The Kier molecular flexibility index (Phi) is 9.76. The lowest BCUT2D eigenvalue weighted by Gasteiger charge is -2.39. The number of hydrogen-bond acceptors (Lipinski definition) is 10. The highest BCUT2D eigenvalue weighted by Crippen LogP contribution is 2.36. The number of amides is 3. The van der Waals surface area contributed by atoms with Gasteiger partial charge in [0.2, 0.25) is 17.7 Å². The van der Waals surface area contributed by atoms with Crippen LogP contribution in [-0.4, -0.2) is 91.3 Å². The summed E-state index contributed by atoms with van der Waals surface area (Å²) >= 11 is 0. The predicted molar refractivity (Wildman–Crippen MR) is 200 cm³/mol. The van der Waals surface area contributed by atoms with Gasteiger partial charge in [-0.1, -0.05) is 12.1 Å². The predicted octanol–water partition coefficient (Wildman–Crippen LogP) is 4.29. The molecule has 56 heavy (non-hydrogen) atoms. The van der Waals surface area contributed by atoms with Gasteiger partial charge in [-0.15, -0.1) is 0 Å². The monoisotopic (exact) mass is 774 g/mol. The molecular weight excluding hydrogens is 733 g/mol. The van der Waals surface area contributed by atoms with Crippen molar-refractivity contribution in [3.05, 3.63) is 70.5 Å². The maximum atomic E-state index is 13.4. The van der Waals surface area contributed by atoms with Crippen LogP contribution in [0.1, 0.15) is 66.8 Å². The quantitative estimate of drug-likeness (QED) is 0.218. The lowest BCUT2D eigenvalue weighted by Crippen LogP contribution is -2.48. The molecule has 15 nitrogen and oxygen atoms in total. The summed E-state index contributed by atoms with van der Waals surface area (Å²) in [4.78, 5) is 63.2. The number of carbonyl (C=O) groups excluding carboxylic acids is 3. The van der Waals surface area contributed by atoms with Crippen molar-refractivity contribution in [2.45, 2.75) is 56.8 Å². The molecular formula is C38H41F3N10O5. The zero-order valence-corrected chi connectivity index (χ0v) is 30.9. The first-order valence-electron chi connectivity index (χ1n) is 18.7. The van der Waals surface area contributed by atoms with Crippen LogP contribution in [0.5, 0.6) is 5.88 Å². The van der Waals surface area contributed by atoms with Crippen molar-refractivity contribution in [1.29, 1.82) is 0 Å². The van der Waals surface area contributed by atoms with Crippen LogP contribution in [0.15, 0.2) is 53.5 Å². The number of aryl methyl sites for hydroxylation is 1. The van der Waals surface area contributed by atoms with Crippen molar-refractivity contribution in [1.82, 2.24) is 39.1 Å². The van der Waals surface area contributed by atoms with E-state index in [0.29, 0.717) is 22.3 Å². The highest BCUT2D eigenvalue weighted by molar-refractivity contribution is 6.03. The van der Waals surface area contributed by atoms with Gasteiger partial charge in [-0.3, -0.25) is 38.4 Å². The van der Waals surface area contributed by atoms with Crippen molar-refractivity contribution < 1.29 is 32.3 Å². The molecule has 18 heteroatoms. The molecule has 4 aromatic heterocycles. The number of ether oxygens (including phenoxy) is 1. The van der Waals surface area contributed by atoms with Crippen LogP contribution in [0.4, 0.5) is 24.7 Å². The molecule has 6 heterocycles. The number of pyridine rings is 2. The summed E-state index contributed by atoms with van der Waals surface area (Å²) in [5.74, 6) is -0.783. The number of nitrogens with zero attached hydrogens (tertiary/aromatic N) is 8. The minimum atomic E-state index is -4.68. The number of imide groups is 1. The number of para-hydroxylation sites is 1. The van der Waals surface area contributed by atoms with E-state index in [9.17, 15) is 32.3 Å². The number of fused-ring (bicyclic) bond motifs is 2. The number of hydrogen-bond donors (Lipinski definition) is 2. The first-order valence-corrected chi connectivity index (χ1v) is 18.7. The Balaban J connectivity index is 0.879. The van der Waals surface area contributed by atoms with Gasteiger partial charge in [-0.25, -0.2) is 9.78 Å². The summed E-state index contributed by atoms with van der Waals surface area (Å²) in [6.07, 6.45) is 1.59. The van der Waals surface area contributed by atoms with Gasteiger partial charge >= 0.3 is 11.9 Å². The summed E-state index contributed by atoms with van der Waals surface area (Å²) < 4.78 is 49.9. The number of alkyl halides is 3. The van der Waals surface area contributed by atoms with Crippen LogP contribution < -0.4 is 26.0 Å². The smallest absolute Gasteiger partial charge is 0.433 e. The molecule has 1 aliphatic carbocycles. The van der Waals surface area contributed by atoms with Gasteiger partial charge in [0.15, 0.2) is 5.52 Å². The van der Waals surface area contributed by atoms with Gasteiger partial charge < -0.3 is 15.0 Å². The number of rotatable bonds is 8. The van der Waals surface area contributed by atoms with E-state index in [1.165, 1.54) is 17.7 Å². The molecule has 294 valence electrons. The van der Waals surface area contributed by atoms with Gasteiger partial charge in [-0.05, 0) is 68.4 Å². The third kappa shape index (κ3) is 7.08. The molecule has 1 saturated carbocycles. The standard InChI is InChI=1S/C38H41F3N10O5/c1-47-33-26(6-4-7-27(33)51(37(47)55)28-13-14-31(52)45-35(28)54)49-17-15-48(16-18-49)20-22-9-11-24(12-10-22)50-21-23-19-30(44-36(56-2)32(23)46-50)43-34(53)25-5-3-8-29(42-25)38(39,40)41/h3-8,19,21-22,24,28H,9-18,20H2,1-2H3,(H,43,53)(H,45,52,54). The molecule has 2 N–H and O–H groups in total. The fraction of sp³-hybridized carbons (Fsp3) is 0.447. The first kappa shape index (κ1) is 37.2. The normalized spacial score (nSPS) is 21.1. The Morgan fingerprint density at radius 3 is 2.45 bits per heavy atom. The number of nitrogens with one attached hydrogen (secondary N) is 2. The van der Waals surface area contributed by atoms with Crippen LogP contribution in [0.25, 0.3) is 21.9 Å². The number of aromatic nitrogens is 6. The highest BCUT2D eigenvalue weighted by atomic mass is 19.4. The molecule has 1 atom stereocenters. The average molecular weight is 775 g/mol. The van der Waals surface area contributed by atoms with Gasteiger partial charge in [0.1, 0.15) is 23.2 Å². The molecule has 5 aromatic rings. The van der Waals surface area contributed by atoms with Gasteiger partial charge in [0.05, 0.1) is 29.9 Å². The highest BCUT2D eigenvalue weighted by Gasteiger charge is 2.34. The van der Waals surface area contributed by atoms with Crippen molar-refractivity contribution in [3.8, 4) is 5.88 Å². The Labute approximate surface area is 318 Å². The summed E-state index contributed by atoms with van der Waals surface area (Å²) in [7, 11) is 3.17. The molecule has 3 fully saturated rings. The summed E-state index contributed by atoms with van der Waals surface area (Å²) in [6.45, 7) is 4.32. The number of methoxy groups -OCH3 is 1. The molecule has 0 spiro atoms. The molecule has 1 aromatic carbocycles. The van der Waals surface area contributed by atoms with Gasteiger partial charge in [0, 0.05) is 57.8 Å². The molecule has 0 bridgehead atoms. The van der Waals surface area contributed by atoms with E-state index in [1.807, 2.05) is 29.1 Å². The van der Waals surface area contributed by atoms with Gasteiger partial charge in [0.25, 0.3) is 5.91 Å². The summed E-state index contributed by atoms with van der Waals surface area (Å²) in [5, 5.41) is 10.4. The summed E-state index contributed by atoms with van der Waals surface area (Å²) in [6, 6.07) is 9.98. The van der Waals surface area contributed by atoms with E-state index in [0.717, 1.165) is 81.7 Å². The van der Waals surface area contributed by atoms with E-state index < -0.39 is 29.7 Å². The van der Waals surface area contributed by atoms with Crippen molar-refractivity contribution in [2.75, 3.05) is 50.1 Å². The van der Waals surface area contributed by atoms with Crippen LogP contribution in [0.3, 0.4) is 0 Å². The van der Waals surface area contributed by atoms with Crippen LogP contribution in [-0.2, 0) is 22.8 Å². The Bertz CT molecular complexity index is 2390. The molecule has 8 rings (SSSR count). The number of piperidine rings is 1. The molecule has 0 radical (unpaired) electrons. The second kappa shape index (κ2) is 14.7. The van der Waals surface area contributed by atoms with E-state index in [2.05, 4.69) is 30.4 Å². The van der Waals surface area contributed by atoms with E-state index in [4.69, 9.17) is 9.84 Å². The third-order valence-electron chi connectivity index (χ3n) is 11.2. The zero-order valence-electron chi connectivity index (χ0n) is 30.9. The SMILES string of the molecule is COc1nc(NC(=O)c2cccc(C(F)(F)F)n2)cc2cn(C3CCC(CN4CCN(c5cccc6c5n(C)c(=O)n6C5CCC(=O)NC5=O)CC4)CC3)nc12. The fourth-order valence-electron chi connectivity index (χ4n) is 8.34. The minimum Gasteiger partial charge on any atom is -0.479 e. The van der Waals surface area contributed by atoms with E-state index >= 15 is 0 Å². The molecule has 2 aliphatic heterocycles. The topological polar surface area (TPSA) is 162 Å². The number of halogens is 3. The number of benzene rings is 1. The Hall–Kier alpha value is -5.78. The lowest BCUT2D eigenvalue weighted by molar-refractivity contribution is -0.141. The number of carbonyl (C=O) groups is 3. The minimum absolute atomic E-state index is 0.105. The Morgan fingerprint density at radius 2 is 1.73 bits per heavy atom. The second-order valence-corrected chi connectivity index (χ2v) is 14.7. The third-order valence-corrected chi connectivity index (χ3v) is 11.2. The van der Waals surface area contributed by atoms with Crippen molar-refractivity contribution in [2.24, 2.45) is 13.0 Å². The number of imidazole rings is 1. The van der Waals surface area contributed by atoms with E-state index in [-0.39, 0.29) is 47.9 Å². The van der Waals surface area contributed by atoms with Gasteiger partial charge in [-0.2, -0.15) is 23.3 Å². The number of piperazine rings is 1. The first-order chi connectivity index (χ1) is 26.9. The van der Waals surface area contributed by atoms with E-state index in [1.54, 1.807) is 17.7 Å². The van der Waals surface area contributed by atoms with Crippen molar-refractivity contribution in [3.63, 3.8) is 0 Å². The maximum absolute atomic E-state index is 13.4.